The lowest BCUT2D eigenvalue weighted by molar-refractivity contribution is 0.0600. The van der Waals surface area contributed by atoms with Gasteiger partial charge in [-0.25, -0.2) is 9.18 Å². The summed E-state index contributed by atoms with van der Waals surface area (Å²) >= 11 is 3.17. The number of rotatable bonds is 4. The van der Waals surface area contributed by atoms with Gasteiger partial charge in [-0.05, 0) is 58.2 Å². The standard InChI is InChI=1S/C16H15BrFNO2/c1-10-7-14(18)13(17)8-15(10)19-9-11-3-5-12(6-4-11)16(20)21-2/h3-8,19H,9H2,1-2H3. The molecule has 5 heteroatoms. The molecule has 2 aromatic carbocycles. The van der Waals surface area contributed by atoms with Gasteiger partial charge in [-0.3, -0.25) is 0 Å². The van der Waals surface area contributed by atoms with Crippen molar-refractivity contribution in [2.75, 3.05) is 12.4 Å². The smallest absolute Gasteiger partial charge is 0.337 e. The number of benzene rings is 2. The quantitative estimate of drug-likeness (QED) is 0.834. The fourth-order valence-electron chi connectivity index (χ4n) is 1.91. The summed E-state index contributed by atoms with van der Waals surface area (Å²) in [6.45, 7) is 2.43. The number of hydrogen-bond donors (Lipinski definition) is 1. The predicted molar refractivity (Wildman–Crippen MR) is 83.9 cm³/mol. The lowest BCUT2D eigenvalue weighted by Crippen LogP contribution is -2.04. The van der Waals surface area contributed by atoms with Gasteiger partial charge in [0, 0.05) is 12.2 Å². The first kappa shape index (κ1) is 15.5. The van der Waals surface area contributed by atoms with Crippen molar-refractivity contribution in [3.8, 4) is 0 Å². The first-order valence-corrected chi connectivity index (χ1v) is 7.17. The number of hydrogen-bond acceptors (Lipinski definition) is 3. The van der Waals surface area contributed by atoms with E-state index in [4.69, 9.17) is 0 Å². The number of nitrogens with one attached hydrogen (secondary N) is 1. The zero-order valence-electron chi connectivity index (χ0n) is 11.7. The Labute approximate surface area is 131 Å². The number of halogens is 2. The Morgan fingerprint density at radius 2 is 1.95 bits per heavy atom. The second-order valence-corrected chi connectivity index (χ2v) is 5.48. The molecule has 3 nitrogen and oxygen atoms in total. The van der Waals surface area contributed by atoms with Crippen molar-refractivity contribution in [3.63, 3.8) is 0 Å². The average molecular weight is 352 g/mol. The Balaban J connectivity index is 2.06. The molecule has 1 N–H and O–H groups in total. The van der Waals surface area contributed by atoms with E-state index < -0.39 is 0 Å². The van der Waals surface area contributed by atoms with Crippen LogP contribution in [0.5, 0.6) is 0 Å². The van der Waals surface area contributed by atoms with Gasteiger partial charge in [0.2, 0.25) is 0 Å². The van der Waals surface area contributed by atoms with E-state index in [9.17, 15) is 9.18 Å². The van der Waals surface area contributed by atoms with Crippen LogP contribution < -0.4 is 5.32 Å². The zero-order chi connectivity index (χ0) is 15.4. The monoisotopic (exact) mass is 351 g/mol. The molecule has 2 aromatic rings. The van der Waals surface area contributed by atoms with Crippen LogP contribution >= 0.6 is 15.9 Å². The number of carbonyl (C=O) groups is 1. The van der Waals surface area contributed by atoms with Gasteiger partial charge in [0.1, 0.15) is 5.82 Å². The molecule has 0 aliphatic rings. The molecule has 0 saturated heterocycles. The summed E-state index contributed by atoms with van der Waals surface area (Å²) in [7, 11) is 1.35. The summed E-state index contributed by atoms with van der Waals surface area (Å²) in [6, 6.07) is 10.3. The molecule has 0 amide bonds. The van der Waals surface area contributed by atoms with E-state index in [2.05, 4.69) is 26.0 Å². The van der Waals surface area contributed by atoms with Crippen LogP contribution in [0.4, 0.5) is 10.1 Å². The molecular weight excluding hydrogens is 337 g/mol. The summed E-state index contributed by atoms with van der Waals surface area (Å²) in [4.78, 5) is 11.3. The molecule has 0 aromatic heterocycles. The van der Waals surface area contributed by atoms with Crippen LogP contribution in [0, 0.1) is 12.7 Å². The van der Waals surface area contributed by atoms with E-state index in [0.717, 1.165) is 16.8 Å². The molecule has 0 radical (unpaired) electrons. The van der Waals surface area contributed by atoms with E-state index in [1.807, 2.05) is 19.1 Å². The fraction of sp³-hybridized carbons (Fsp3) is 0.188. The molecule has 0 spiro atoms. The van der Waals surface area contributed by atoms with Gasteiger partial charge >= 0.3 is 5.97 Å². The van der Waals surface area contributed by atoms with E-state index in [0.29, 0.717) is 16.6 Å². The van der Waals surface area contributed by atoms with E-state index in [1.54, 1.807) is 18.2 Å². The highest BCUT2D eigenvalue weighted by Gasteiger charge is 2.06. The lowest BCUT2D eigenvalue weighted by Gasteiger charge is -2.11. The largest absolute Gasteiger partial charge is 0.465 e. The fourth-order valence-corrected chi connectivity index (χ4v) is 2.25. The Morgan fingerprint density at radius 1 is 1.29 bits per heavy atom. The zero-order valence-corrected chi connectivity index (χ0v) is 13.3. The molecule has 21 heavy (non-hydrogen) atoms. The van der Waals surface area contributed by atoms with Crippen molar-refractivity contribution < 1.29 is 13.9 Å². The molecule has 0 heterocycles. The second kappa shape index (κ2) is 6.72. The van der Waals surface area contributed by atoms with Crippen LogP contribution in [0.25, 0.3) is 0 Å². The van der Waals surface area contributed by atoms with Crippen molar-refractivity contribution in [2.24, 2.45) is 0 Å². The lowest BCUT2D eigenvalue weighted by atomic mass is 10.1. The van der Waals surface area contributed by atoms with Gasteiger partial charge in [-0.1, -0.05) is 12.1 Å². The molecule has 0 bridgehead atoms. The number of esters is 1. The number of methoxy groups -OCH3 is 1. The van der Waals surface area contributed by atoms with Gasteiger partial charge in [0.05, 0.1) is 17.1 Å². The van der Waals surface area contributed by atoms with E-state index >= 15 is 0 Å². The first-order valence-electron chi connectivity index (χ1n) is 6.38. The first-order chi connectivity index (χ1) is 10.0. The maximum atomic E-state index is 13.4. The van der Waals surface area contributed by atoms with Gasteiger partial charge < -0.3 is 10.1 Å². The molecule has 0 unspecified atom stereocenters. The number of ether oxygens (including phenoxy) is 1. The van der Waals surface area contributed by atoms with Crippen molar-refractivity contribution in [1.82, 2.24) is 0 Å². The third-order valence-corrected chi connectivity index (χ3v) is 3.73. The van der Waals surface area contributed by atoms with Gasteiger partial charge in [0.25, 0.3) is 0 Å². The number of carbonyl (C=O) groups excluding carboxylic acids is 1. The third-order valence-electron chi connectivity index (χ3n) is 3.13. The van der Waals surface area contributed by atoms with Gasteiger partial charge in [-0.15, -0.1) is 0 Å². The van der Waals surface area contributed by atoms with E-state index in [-0.39, 0.29) is 11.8 Å². The van der Waals surface area contributed by atoms with Crippen molar-refractivity contribution in [1.29, 1.82) is 0 Å². The molecule has 0 aliphatic carbocycles. The minimum absolute atomic E-state index is 0.277. The molecule has 110 valence electrons. The summed E-state index contributed by atoms with van der Waals surface area (Å²) in [6.07, 6.45) is 0. The highest BCUT2D eigenvalue weighted by Crippen LogP contribution is 2.24. The summed E-state index contributed by atoms with van der Waals surface area (Å²) in [5, 5.41) is 3.25. The van der Waals surface area contributed by atoms with Crippen LogP contribution in [0.15, 0.2) is 40.9 Å². The highest BCUT2D eigenvalue weighted by atomic mass is 79.9. The van der Waals surface area contributed by atoms with E-state index in [1.165, 1.54) is 13.2 Å². The van der Waals surface area contributed by atoms with Gasteiger partial charge in [0.15, 0.2) is 0 Å². The maximum absolute atomic E-state index is 13.4. The molecule has 0 fully saturated rings. The average Bonchev–Trinajstić information content (AvgIpc) is 2.49. The molecular formula is C16H15BrFNO2. The molecule has 0 aliphatic heterocycles. The Kier molecular flexibility index (Phi) is 4.96. The minimum atomic E-state index is -0.354. The SMILES string of the molecule is COC(=O)c1ccc(CNc2cc(Br)c(F)cc2C)cc1. The van der Waals surface area contributed by atoms with Crippen LogP contribution in [0.3, 0.4) is 0 Å². The Hall–Kier alpha value is -1.88. The Bertz CT molecular complexity index is 656. The van der Waals surface area contributed by atoms with Crippen LogP contribution in [0.2, 0.25) is 0 Å². The van der Waals surface area contributed by atoms with Crippen LogP contribution in [-0.4, -0.2) is 13.1 Å². The maximum Gasteiger partial charge on any atom is 0.337 e. The van der Waals surface area contributed by atoms with Crippen molar-refractivity contribution >= 4 is 27.6 Å². The summed E-state index contributed by atoms with van der Waals surface area (Å²) in [5.74, 6) is -0.631. The minimum Gasteiger partial charge on any atom is -0.465 e. The number of aryl methyl sites for hydroxylation is 1. The predicted octanol–water partition coefficient (Wildman–Crippen LogP) is 4.30. The second-order valence-electron chi connectivity index (χ2n) is 4.62. The van der Waals surface area contributed by atoms with Crippen molar-refractivity contribution in [3.05, 3.63) is 63.4 Å². The molecule has 0 atom stereocenters. The molecule has 0 saturated carbocycles. The van der Waals surface area contributed by atoms with Gasteiger partial charge in [-0.2, -0.15) is 0 Å². The third kappa shape index (κ3) is 3.82. The number of anilines is 1. The Morgan fingerprint density at radius 3 is 2.57 bits per heavy atom. The normalized spacial score (nSPS) is 10.3. The van der Waals surface area contributed by atoms with Crippen LogP contribution in [0.1, 0.15) is 21.5 Å². The van der Waals surface area contributed by atoms with Crippen molar-refractivity contribution in [2.45, 2.75) is 13.5 Å². The molecule has 2 rings (SSSR count). The summed E-state index contributed by atoms with van der Waals surface area (Å²) in [5.41, 5.74) is 3.23. The highest BCUT2D eigenvalue weighted by molar-refractivity contribution is 9.10. The van der Waals surface area contributed by atoms with Crippen LogP contribution in [-0.2, 0) is 11.3 Å². The summed E-state index contributed by atoms with van der Waals surface area (Å²) < 4.78 is 18.4. The topological polar surface area (TPSA) is 38.3 Å².